The lowest BCUT2D eigenvalue weighted by Gasteiger charge is -2.06. The average molecular weight is 190 g/mol. The highest BCUT2D eigenvalue weighted by Crippen LogP contribution is 1.96. The Balaban J connectivity index is 2.40. The van der Waals surface area contributed by atoms with Crippen LogP contribution in [0.2, 0.25) is 0 Å². The Morgan fingerprint density at radius 1 is 1.36 bits per heavy atom. The molecule has 0 spiro atoms. The fraction of sp³-hybridized carbons (Fsp3) is 0.182. The van der Waals surface area contributed by atoms with Crippen LogP contribution < -0.4 is 10.9 Å². The zero-order chi connectivity index (χ0) is 10.4. The van der Waals surface area contributed by atoms with Gasteiger partial charge in [-0.25, -0.2) is 5.43 Å². The van der Waals surface area contributed by atoms with Gasteiger partial charge in [0.1, 0.15) is 0 Å². The summed E-state index contributed by atoms with van der Waals surface area (Å²) in [5.74, 6) is -0.133. The number of amides is 1. The first-order valence-electron chi connectivity index (χ1n) is 4.43. The van der Waals surface area contributed by atoms with Crippen LogP contribution in [0.3, 0.4) is 0 Å². The van der Waals surface area contributed by atoms with E-state index in [9.17, 15) is 4.79 Å². The molecule has 0 saturated carbocycles. The Morgan fingerprint density at radius 2 is 2.00 bits per heavy atom. The molecule has 0 aliphatic heterocycles. The Hall–Kier alpha value is -1.61. The van der Waals surface area contributed by atoms with E-state index in [1.165, 1.54) is 0 Å². The molecule has 14 heavy (non-hydrogen) atoms. The van der Waals surface area contributed by atoms with Crippen LogP contribution >= 0.6 is 0 Å². The highest BCUT2D eigenvalue weighted by Gasteiger charge is 2.01. The van der Waals surface area contributed by atoms with E-state index < -0.39 is 0 Å². The maximum absolute atomic E-state index is 11.4. The van der Waals surface area contributed by atoms with E-state index >= 15 is 0 Å². The van der Waals surface area contributed by atoms with Gasteiger partial charge in [0, 0.05) is 12.1 Å². The summed E-state index contributed by atoms with van der Waals surface area (Å²) >= 11 is 0. The van der Waals surface area contributed by atoms with Gasteiger partial charge in [-0.2, -0.15) is 0 Å². The molecular formula is C11H14N2O. The summed E-state index contributed by atoms with van der Waals surface area (Å²) in [6, 6.07) is 9.05. The van der Waals surface area contributed by atoms with Crippen LogP contribution in [-0.2, 0) is 0 Å². The first-order chi connectivity index (χ1) is 6.70. The van der Waals surface area contributed by atoms with Crippen LogP contribution in [0.1, 0.15) is 17.3 Å². The number of benzene rings is 1. The molecule has 0 aromatic heterocycles. The van der Waals surface area contributed by atoms with Crippen LogP contribution in [0.15, 0.2) is 42.5 Å². The molecule has 0 heterocycles. The molecule has 0 aliphatic rings. The second kappa shape index (κ2) is 5.19. The summed E-state index contributed by atoms with van der Waals surface area (Å²) in [6.07, 6.45) is 0. The molecule has 3 nitrogen and oxygen atoms in total. The molecule has 0 radical (unpaired) electrons. The van der Waals surface area contributed by atoms with Gasteiger partial charge in [0.15, 0.2) is 0 Å². The van der Waals surface area contributed by atoms with Crippen molar-refractivity contribution in [3.05, 3.63) is 48.0 Å². The summed E-state index contributed by atoms with van der Waals surface area (Å²) < 4.78 is 0. The van der Waals surface area contributed by atoms with Gasteiger partial charge in [-0.3, -0.25) is 10.2 Å². The van der Waals surface area contributed by atoms with Crippen LogP contribution in [-0.4, -0.2) is 12.5 Å². The Bertz CT molecular complexity index is 319. The molecule has 0 fully saturated rings. The van der Waals surface area contributed by atoms with Gasteiger partial charge in [-0.15, -0.1) is 0 Å². The van der Waals surface area contributed by atoms with Crippen molar-refractivity contribution in [3.8, 4) is 0 Å². The molecule has 2 N–H and O–H groups in total. The maximum atomic E-state index is 11.4. The summed E-state index contributed by atoms with van der Waals surface area (Å²) in [5, 5.41) is 0. The summed E-state index contributed by atoms with van der Waals surface area (Å²) in [5.41, 5.74) is 6.98. The van der Waals surface area contributed by atoms with E-state index in [0.717, 1.165) is 5.57 Å². The average Bonchev–Trinajstić information content (AvgIpc) is 2.18. The minimum absolute atomic E-state index is 0.133. The number of hydrogen-bond donors (Lipinski definition) is 2. The quantitative estimate of drug-likeness (QED) is 0.558. The lowest BCUT2D eigenvalue weighted by Crippen LogP contribution is -2.38. The fourth-order valence-electron chi connectivity index (χ4n) is 0.937. The molecule has 0 saturated heterocycles. The van der Waals surface area contributed by atoms with E-state index in [-0.39, 0.29) is 5.91 Å². The standard InChI is InChI=1S/C11H14N2O/c1-9(2)8-12-13-11(14)10-6-4-3-5-7-10/h3-7,12H,1,8H2,2H3,(H,13,14). The van der Waals surface area contributed by atoms with Gasteiger partial charge in [0.2, 0.25) is 0 Å². The number of rotatable bonds is 4. The molecule has 3 heteroatoms. The SMILES string of the molecule is C=C(C)CNNC(=O)c1ccccc1. The van der Waals surface area contributed by atoms with Crippen molar-refractivity contribution in [1.82, 2.24) is 10.9 Å². The normalized spacial score (nSPS) is 9.50. The largest absolute Gasteiger partial charge is 0.287 e. The third kappa shape index (κ3) is 3.41. The van der Waals surface area contributed by atoms with Gasteiger partial charge in [0.25, 0.3) is 5.91 Å². The second-order valence-corrected chi connectivity index (χ2v) is 3.13. The third-order valence-electron chi connectivity index (χ3n) is 1.63. The van der Waals surface area contributed by atoms with E-state index in [1.807, 2.05) is 25.1 Å². The molecule has 0 bridgehead atoms. The fourth-order valence-corrected chi connectivity index (χ4v) is 0.937. The van der Waals surface area contributed by atoms with Gasteiger partial charge in [-0.05, 0) is 19.1 Å². The van der Waals surface area contributed by atoms with Gasteiger partial charge >= 0.3 is 0 Å². The Morgan fingerprint density at radius 3 is 2.57 bits per heavy atom. The number of hydrogen-bond acceptors (Lipinski definition) is 2. The summed E-state index contributed by atoms with van der Waals surface area (Å²) in [7, 11) is 0. The second-order valence-electron chi connectivity index (χ2n) is 3.13. The molecule has 0 unspecified atom stereocenters. The summed E-state index contributed by atoms with van der Waals surface area (Å²) in [4.78, 5) is 11.4. The number of nitrogens with one attached hydrogen (secondary N) is 2. The van der Waals surface area contributed by atoms with Crippen LogP contribution in [0.25, 0.3) is 0 Å². The van der Waals surface area contributed by atoms with Crippen molar-refractivity contribution in [2.45, 2.75) is 6.92 Å². The lowest BCUT2D eigenvalue weighted by molar-refractivity contribution is 0.0935. The predicted molar refractivity (Wildman–Crippen MR) is 56.7 cm³/mol. The first-order valence-corrected chi connectivity index (χ1v) is 4.43. The molecule has 0 aliphatic carbocycles. The van der Waals surface area contributed by atoms with E-state index in [2.05, 4.69) is 17.4 Å². The molecule has 1 rings (SSSR count). The van der Waals surface area contributed by atoms with Crippen molar-refractivity contribution >= 4 is 5.91 Å². The van der Waals surface area contributed by atoms with Gasteiger partial charge in [0.05, 0.1) is 0 Å². The zero-order valence-corrected chi connectivity index (χ0v) is 8.21. The predicted octanol–water partition coefficient (Wildman–Crippen LogP) is 1.50. The molecule has 1 aromatic carbocycles. The van der Waals surface area contributed by atoms with Crippen molar-refractivity contribution < 1.29 is 4.79 Å². The Kier molecular flexibility index (Phi) is 3.88. The van der Waals surface area contributed by atoms with Crippen LogP contribution in [0, 0.1) is 0 Å². The highest BCUT2D eigenvalue weighted by molar-refractivity contribution is 5.93. The molecule has 74 valence electrons. The van der Waals surface area contributed by atoms with Crippen molar-refractivity contribution in [2.24, 2.45) is 0 Å². The van der Waals surface area contributed by atoms with Gasteiger partial charge in [-0.1, -0.05) is 30.4 Å². The lowest BCUT2D eigenvalue weighted by atomic mass is 10.2. The topological polar surface area (TPSA) is 41.1 Å². The van der Waals surface area contributed by atoms with E-state index in [0.29, 0.717) is 12.1 Å². The zero-order valence-electron chi connectivity index (χ0n) is 8.21. The monoisotopic (exact) mass is 190 g/mol. The number of carbonyl (C=O) groups excluding carboxylic acids is 1. The van der Waals surface area contributed by atoms with Crippen molar-refractivity contribution in [2.75, 3.05) is 6.54 Å². The Labute approximate surface area is 83.8 Å². The third-order valence-corrected chi connectivity index (χ3v) is 1.63. The molecule has 1 amide bonds. The number of hydrazine groups is 1. The van der Waals surface area contributed by atoms with Gasteiger partial charge < -0.3 is 0 Å². The molecular weight excluding hydrogens is 176 g/mol. The first kappa shape index (κ1) is 10.5. The minimum atomic E-state index is -0.133. The molecule has 0 atom stereocenters. The minimum Gasteiger partial charge on any atom is -0.287 e. The summed E-state index contributed by atoms with van der Waals surface area (Å²) in [6.45, 7) is 6.18. The van der Waals surface area contributed by atoms with E-state index in [1.54, 1.807) is 12.1 Å². The van der Waals surface area contributed by atoms with E-state index in [4.69, 9.17) is 0 Å². The highest BCUT2D eigenvalue weighted by atomic mass is 16.2. The van der Waals surface area contributed by atoms with Crippen LogP contribution in [0.4, 0.5) is 0 Å². The van der Waals surface area contributed by atoms with Crippen molar-refractivity contribution in [1.29, 1.82) is 0 Å². The number of carbonyl (C=O) groups is 1. The smallest absolute Gasteiger partial charge is 0.265 e. The van der Waals surface area contributed by atoms with Crippen LogP contribution in [0.5, 0.6) is 0 Å². The van der Waals surface area contributed by atoms with Crippen molar-refractivity contribution in [3.63, 3.8) is 0 Å². The molecule has 1 aromatic rings. The maximum Gasteiger partial charge on any atom is 0.265 e.